The van der Waals surface area contributed by atoms with E-state index in [1.807, 2.05) is 25.1 Å². The number of ketones is 1. The number of carboxylic acid groups (broad SMARTS) is 1. The highest BCUT2D eigenvalue weighted by Gasteiger charge is 2.33. The normalized spacial score (nSPS) is 15.4. The second-order valence-electron chi connectivity index (χ2n) is 6.70. The van der Waals surface area contributed by atoms with Gasteiger partial charge in [-0.1, -0.05) is 25.5 Å². The van der Waals surface area contributed by atoms with Crippen LogP contribution in [0.25, 0.3) is 0 Å². The summed E-state index contributed by atoms with van der Waals surface area (Å²) in [6.45, 7) is 3.36. The van der Waals surface area contributed by atoms with E-state index in [2.05, 4.69) is 5.32 Å². The number of amides is 1. The van der Waals surface area contributed by atoms with Gasteiger partial charge in [-0.3, -0.25) is 9.59 Å². The minimum atomic E-state index is -1.28. The Morgan fingerprint density at radius 1 is 1.17 bits per heavy atom. The molecule has 1 atom stereocenters. The SMILES string of the molecule is CCCC(C)(NC(=O)CCC(=O)c1ccc2c(c1)CCC2)C(=O)O. The number of nitrogens with one attached hydrogen (secondary N) is 1. The van der Waals surface area contributed by atoms with Gasteiger partial charge in [0.2, 0.25) is 5.91 Å². The second kappa shape index (κ2) is 7.60. The Balaban J connectivity index is 1.91. The largest absolute Gasteiger partial charge is 0.480 e. The molecule has 1 aliphatic carbocycles. The number of Topliss-reactive ketones (excluding diaryl/α,β-unsaturated/α-hetero) is 1. The molecule has 130 valence electrons. The molecule has 2 N–H and O–H groups in total. The molecule has 0 saturated heterocycles. The van der Waals surface area contributed by atoms with E-state index < -0.39 is 17.4 Å². The molecule has 1 aliphatic rings. The fraction of sp³-hybridized carbons (Fsp3) is 0.526. The summed E-state index contributed by atoms with van der Waals surface area (Å²) < 4.78 is 0. The van der Waals surface area contributed by atoms with Gasteiger partial charge in [0.05, 0.1) is 0 Å². The number of carbonyl (C=O) groups is 3. The van der Waals surface area contributed by atoms with E-state index in [0.29, 0.717) is 18.4 Å². The molecule has 1 unspecified atom stereocenters. The van der Waals surface area contributed by atoms with Crippen molar-refractivity contribution >= 4 is 17.7 Å². The van der Waals surface area contributed by atoms with Gasteiger partial charge in [-0.05, 0) is 49.8 Å². The third-order valence-electron chi connectivity index (χ3n) is 4.64. The number of fused-ring (bicyclic) bond motifs is 1. The van der Waals surface area contributed by atoms with Gasteiger partial charge in [-0.2, -0.15) is 0 Å². The number of aryl methyl sites for hydroxylation is 2. The van der Waals surface area contributed by atoms with Crippen LogP contribution in [0.1, 0.15) is 67.4 Å². The Labute approximate surface area is 142 Å². The molecule has 5 nitrogen and oxygen atoms in total. The predicted octanol–water partition coefficient (Wildman–Crippen LogP) is 2.90. The molecule has 1 aromatic rings. The average molecular weight is 331 g/mol. The van der Waals surface area contributed by atoms with Crippen molar-refractivity contribution in [1.82, 2.24) is 5.32 Å². The summed E-state index contributed by atoms with van der Waals surface area (Å²) in [5, 5.41) is 11.8. The molecule has 0 radical (unpaired) electrons. The number of hydrogen-bond donors (Lipinski definition) is 2. The van der Waals surface area contributed by atoms with E-state index in [9.17, 15) is 19.5 Å². The molecule has 0 heterocycles. The maximum atomic E-state index is 12.3. The van der Waals surface area contributed by atoms with Crippen molar-refractivity contribution in [2.75, 3.05) is 0 Å². The highest BCUT2D eigenvalue weighted by Crippen LogP contribution is 2.23. The Bertz CT molecular complexity index is 653. The zero-order valence-corrected chi connectivity index (χ0v) is 14.4. The zero-order chi connectivity index (χ0) is 17.7. The lowest BCUT2D eigenvalue weighted by atomic mass is 9.95. The van der Waals surface area contributed by atoms with Crippen molar-refractivity contribution < 1.29 is 19.5 Å². The molecular weight excluding hydrogens is 306 g/mol. The molecule has 2 rings (SSSR count). The van der Waals surface area contributed by atoms with Crippen LogP contribution >= 0.6 is 0 Å². The Hall–Kier alpha value is -2.17. The number of aliphatic carboxylic acids is 1. The highest BCUT2D eigenvalue weighted by atomic mass is 16.4. The zero-order valence-electron chi connectivity index (χ0n) is 14.4. The monoisotopic (exact) mass is 331 g/mol. The van der Waals surface area contributed by atoms with Crippen LogP contribution in [0.4, 0.5) is 0 Å². The van der Waals surface area contributed by atoms with Crippen molar-refractivity contribution in [3.8, 4) is 0 Å². The Morgan fingerprint density at radius 2 is 1.88 bits per heavy atom. The molecule has 0 aliphatic heterocycles. The van der Waals surface area contributed by atoms with E-state index >= 15 is 0 Å². The van der Waals surface area contributed by atoms with Gasteiger partial charge in [-0.15, -0.1) is 0 Å². The van der Waals surface area contributed by atoms with Crippen LogP contribution in [0.2, 0.25) is 0 Å². The molecule has 0 spiro atoms. The molecule has 0 bridgehead atoms. The molecule has 5 heteroatoms. The van der Waals surface area contributed by atoms with Gasteiger partial charge in [0, 0.05) is 18.4 Å². The molecule has 1 amide bonds. The molecule has 1 aromatic carbocycles. The molecule has 0 saturated carbocycles. The first-order chi connectivity index (χ1) is 11.4. The number of rotatable bonds is 8. The Morgan fingerprint density at radius 3 is 2.54 bits per heavy atom. The van der Waals surface area contributed by atoms with Crippen molar-refractivity contribution in [2.45, 2.75) is 64.3 Å². The molecular formula is C19H25NO4. The summed E-state index contributed by atoms with van der Waals surface area (Å²) in [7, 11) is 0. The lowest BCUT2D eigenvalue weighted by Crippen LogP contribution is -2.52. The van der Waals surface area contributed by atoms with Gasteiger partial charge < -0.3 is 10.4 Å². The van der Waals surface area contributed by atoms with Crippen LogP contribution in [0.5, 0.6) is 0 Å². The summed E-state index contributed by atoms with van der Waals surface area (Å²) in [5.41, 5.74) is 1.90. The summed E-state index contributed by atoms with van der Waals surface area (Å²) in [6, 6.07) is 5.75. The predicted molar refractivity (Wildman–Crippen MR) is 91.1 cm³/mol. The summed E-state index contributed by atoms with van der Waals surface area (Å²) in [4.78, 5) is 35.6. The average Bonchev–Trinajstić information content (AvgIpc) is 3.00. The number of carboxylic acids is 1. The summed E-state index contributed by atoms with van der Waals surface area (Å²) in [5.74, 6) is -1.53. The minimum Gasteiger partial charge on any atom is -0.480 e. The van der Waals surface area contributed by atoms with Gasteiger partial charge in [-0.25, -0.2) is 4.79 Å². The van der Waals surface area contributed by atoms with Crippen molar-refractivity contribution in [3.63, 3.8) is 0 Å². The topological polar surface area (TPSA) is 83.5 Å². The maximum absolute atomic E-state index is 12.3. The van der Waals surface area contributed by atoms with Crippen LogP contribution in [0.15, 0.2) is 18.2 Å². The first-order valence-corrected chi connectivity index (χ1v) is 8.55. The van der Waals surface area contributed by atoms with Crippen molar-refractivity contribution in [2.24, 2.45) is 0 Å². The number of hydrogen-bond acceptors (Lipinski definition) is 3. The van der Waals surface area contributed by atoms with E-state index in [1.54, 1.807) is 0 Å². The van der Waals surface area contributed by atoms with Crippen molar-refractivity contribution in [3.05, 3.63) is 34.9 Å². The third-order valence-corrected chi connectivity index (χ3v) is 4.64. The van der Waals surface area contributed by atoms with Crippen molar-refractivity contribution in [1.29, 1.82) is 0 Å². The second-order valence-corrected chi connectivity index (χ2v) is 6.70. The van der Waals surface area contributed by atoms with Gasteiger partial charge in [0.25, 0.3) is 0 Å². The fourth-order valence-corrected chi connectivity index (χ4v) is 3.21. The van der Waals surface area contributed by atoms with Gasteiger partial charge >= 0.3 is 5.97 Å². The minimum absolute atomic E-state index is 0.00248. The summed E-state index contributed by atoms with van der Waals surface area (Å²) in [6.07, 6.45) is 4.29. The van der Waals surface area contributed by atoms with E-state index in [0.717, 1.165) is 19.3 Å². The smallest absolute Gasteiger partial charge is 0.329 e. The highest BCUT2D eigenvalue weighted by molar-refractivity contribution is 5.98. The van der Waals surface area contributed by atoms with E-state index in [-0.39, 0.29) is 18.6 Å². The lowest BCUT2D eigenvalue weighted by Gasteiger charge is -2.25. The van der Waals surface area contributed by atoms with Gasteiger partial charge in [0.1, 0.15) is 5.54 Å². The van der Waals surface area contributed by atoms with E-state index in [4.69, 9.17) is 0 Å². The van der Waals surface area contributed by atoms with Crippen LogP contribution in [0.3, 0.4) is 0 Å². The van der Waals surface area contributed by atoms with Crippen LogP contribution < -0.4 is 5.32 Å². The molecule has 0 aromatic heterocycles. The molecule has 0 fully saturated rings. The number of benzene rings is 1. The van der Waals surface area contributed by atoms with Crippen LogP contribution in [0, 0.1) is 0 Å². The van der Waals surface area contributed by atoms with Crippen LogP contribution in [-0.4, -0.2) is 28.3 Å². The van der Waals surface area contributed by atoms with Crippen LogP contribution in [-0.2, 0) is 22.4 Å². The third kappa shape index (κ3) is 4.22. The Kier molecular flexibility index (Phi) is 5.75. The standard InChI is InChI=1S/C19H25NO4/c1-3-11-19(2,18(23)24)20-17(22)10-9-16(21)15-8-7-13-5-4-6-14(13)12-15/h7-8,12H,3-6,9-11H2,1-2H3,(H,20,22)(H,23,24). The lowest BCUT2D eigenvalue weighted by molar-refractivity contribution is -0.147. The first kappa shape index (κ1) is 18.2. The quantitative estimate of drug-likeness (QED) is 0.718. The first-order valence-electron chi connectivity index (χ1n) is 8.55. The van der Waals surface area contributed by atoms with E-state index in [1.165, 1.54) is 18.1 Å². The number of carbonyl (C=O) groups excluding carboxylic acids is 2. The fourth-order valence-electron chi connectivity index (χ4n) is 3.21. The summed E-state index contributed by atoms with van der Waals surface area (Å²) >= 11 is 0. The molecule has 24 heavy (non-hydrogen) atoms. The van der Waals surface area contributed by atoms with Gasteiger partial charge in [0.15, 0.2) is 5.78 Å². The maximum Gasteiger partial charge on any atom is 0.329 e.